The molecular weight excluding hydrogens is 344 g/mol. The molecule has 0 bridgehead atoms. The first-order valence-corrected chi connectivity index (χ1v) is 8.01. The molecule has 1 amide bonds. The van der Waals surface area contributed by atoms with Crippen molar-refractivity contribution >= 4 is 17.6 Å². The number of ether oxygens (including phenoxy) is 2. The Labute approximate surface area is 148 Å². The van der Waals surface area contributed by atoms with Crippen molar-refractivity contribution in [1.82, 2.24) is 0 Å². The molecule has 1 N–H and O–H groups in total. The molecule has 1 heterocycles. The third-order valence-electron chi connectivity index (χ3n) is 4.48. The topological polar surface area (TPSA) is 64.6 Å². The molecule has 0 unspecified atom stereocenters. The van der Waals surface area contributed by atoms with Gasteiger partial charge in [-0.1, -0.05) is 19.1 Å². The van der Waals surface area contributed by atoms with Crippen LogP contribution in [-0.2, 0) is 4.74 Å². The molecular formula is C19H17F2NO4. The molecule has 3 rings (SSSR count). The first kappa shape index (κ1) is 17.8. The summed E-state index contributed by atoms with van der Waals surface area (Å²) in [6, 6.07) is 7.02. The number of amides is 1. The van der Waals surface area contributed by atoms with Gasteiger partial charge < -0.3 is 14.8 Å². The van der Waals surface area contributed by atoms with E-state index in [9.17, 15) is 18.4 Å². The maximum Gasteiger partial charge on any atom is 0.341 e. The van der Waals surface area contributed by atoms with Crippen LogP contribution in [0.3, 0.4) is 0 Å². The van der Waals surface area contributed by atoms with Gasteiger partial charge in [0.15, 0.2) is 11.6 Å². The van der Waals surface area contributed by atoms with Crippen molar-refractivity contribution in [2.45, 2.75) is 25.9 Å². The highest BCUT2D eigenvalue weighted by atomic mass is 19.2. The molecule has 0 saturated carbocycles. The lowest BCUT2D eigenvalue weighted by Crippen LogP contribution is -2.15. The molecule has 0 spiro atoms. The second-order valence-corrected chi connectivity index (χ2v) is 6.10. The number of anilines is 1. The fraction of sp³-hybridized carbons (Fsp3) is 0.263. The molecule has 2 aromatic rings. The Bertz CT molecular complexity index is 897. The van der Waals surface area contributed by atoms with Crippen LogP contribution >= 0.6 is 0 Å². The Morgan fingerprint density at radius 1 is 1.15 bits per heavy atom. The van der Waals surface area contributed by atoms with E-state index in [4.69, 9.17) is 4.74 Å². The number of halogens is 2. The van der Waals surface area contributed by atoms with E-state index >= 15 is 0 Å². The van der Waals surface area contributed by atoms with E-state index in [1.165, 1.54) is 0 Å². The third kappa shape index (κ3) is 3.00. The van der Waals surface area contributed by atoms with E-state index in [0.717, 1.165) is 24.8 Å². The zero-order valence-electron chi connectivity index (χ0n) is 14.4. The third-order valence-corrected chi connectivity index (χ3v) is 4.48. The quantitative estimate of drug-likeness (QED) is 0.843. The normalized spacial score (nSPS) is 18.0. The largest absolute Gasteiger partial charge is 0.489 e. The fourth-order valence-electron chi connectivity index (χ4n) is 2.88. The van der Waals surface area contributed by atoms with Crippen LogP contribution in [0.5, 0.6) is 5.75 Å². The van der Waals surface area contributed by atoms with Crippen LogP contribution < -0.4 is 10.1 Å². The zero-order chi connectivity index (χ0) is 19.0. The summed E-state index contributed by atoms with van der Waals surface area (Å²) in [4.78, 5) is 24.2. The number of esters is 1. The first-order valence-electron chi connectivity index (χ1n) is 8.01. The van der Waals surface area contributed by atoms with Gasteiger partial charge in [-0.15, -0.1) is 0 Å². The van der Waals surface area contributed by atoms with Gasteiger partial charge in [-0.25, -0.2) is 13.6 Å². The standard InChI is InChI=1S/C19H17F2NO4/c1-9-10(2)26-17-12(9)5-4-6-13(17)18(23)22-11-7-14(19(24)25-3)16(21)15(20)8-11/h4-10H,1-3H3,(H,22,23)/t9-,10-/m1/s1. The van der Waals surface area contributed by atoms with Gasteiger partial charge in [-0.05, 0) is 19.1 Å². The summed E-state index contributed by atoms with van der Waals surface area (Å²) in [7, 11) is 1.05. The van der Waals surface area contributed by atoms with Gasteiger partial charge in [0.05, 0.1) is 12.7 Å². The number of methoxy groups -OCH3 is 1. The van der Waals surface area contributed by atoms with Crippen LogP contribution in [0.15, 0.2) is 30.3 Å². The van der Waals surface area contributed by atoms with E-state index in [2.05, 4.69) is 10.1 Å². The Hall–Kier alpha value is -2.96. The Kier molecular flexibility index (Phi) is 4.63. The van der Waals surface area contributed by atoms with Crippen LogP contribution in [0, 0.1) is 11.6 Å². The summed E-state index contributed by atoms with van der Waals surface area (Å²) in [5.74, 6) is -3.58. The van der Waals surface area contributed by atoms with Crippen molar-refractivity contribution in [2.75, 3.05) is 12.4 Å². The lowest BCUT2D eigenvalue weighted by atomic mass is 9.97. The second kappa shape index (κ2) is 6.74. The summed E-state index contributed by atoms with van der Waals surface area (Å²) in [5.41, 5.74) is 0.527. The molecule has 1 aliphatic rings. The van der Waals surface area contributed by atoms with Crippen molar-refractivity contribution in [3.8, 4) is 5.75 Å². The molecule has 2 aromatic carbocycles. The number of carbonyl (C=O) groups excluding carboxylic acids is 2. The number of hydrogen-bond acceptors (Lipinski definition) is 4. The summed E-state index contributed by atoms with van der Waals surface area (Å²) in [6.07, 6.45) is -0.0758. The van der Waals surface area contributed by atoms with Crippen molar-refractivity contribution < 1.29 is 27.8 Å². The smallest absolute Gasteiger partial charge is 0.341 e. The molecule has 0 aliphatic carbocycles. The van der Waals surface area contributed by atoms with E-state index in [-0.39, 0.29) is 23.3 Å². The van der Waals surface area contributed by atoms with Gasteiger partial charge in [0.25, 0.3) is 5.91 Å². The number of rotatable bonds is 3. The molecule has 7 heteroatoms. The number of carbonyl (C=O) groups is 2. The molecule has 26 heavy (non-hydrogen) atoms. The lowest BCUT2D eigenvalue weighted by molar-refractivity contribution is 0.0594. The van der Waals surface area contributed by atoms with Gasteiger partial charge >= 0.3 is 5.97 Å². The Morgan fingerprint density at radius 2 is 1.88 bits per heavy atom. The molecule has 2 atom stereocenters. The average molecular weight is 361 g/mol. The van der Waals surface area contributed by atoms with E-state index in [1.807, 2.05) is 19.9 Å². The number of para-hydroxylation sites is 1. The number of benzene rings is 2. The number of fused-ring (bicyclic) bond motifs is 1. The molecule has 0 saturated heterocycles. The first-order chi connectivity index (χ1) is 12.3. The van der Waals surface area contributed by atoms with E-state index in [1.54, 1.807) is 12.1 Å². The summed E-state index contributed by atoms with van der Waals surface area (Å²) in [5, 5.41) is 2.47. The van der Waals surface area contributed by atoms with Gasteiger partial charge in [0.2, 0.25) is 0 Å². The predicted molar refractivity (Wildman–Crippen MR) is 90.6 cm³/mol. The zero-order valence-corrected chi connectivity index (χ0v) is 14.4. The van der Waals surface area contributed by atoms with Gasteiger partial charge in [-0.2, -0.15) is 0 Å². The molecule has 0 aromatic heterocycles. The number of hydrogen-bond donors (Lipinski definition) is 1. The SMILES string of the molecule is COC(=O)c1cc(NC(=O)c2cccc3c2O[C@H](C)[C@H]3C)cc(F)c1F. The van der Waals surface area contributed by atoms with Gasteiger partial charge in [0, 0.05) is 23.2 Å². The Balaban J connectivity index is 1.93. The van der Waals surface area contributed by atoms with Crippen molar-refractivity contribution in [3.63, 3.8) is 0 Å². The summed E-state index contributed by atoms with van der Waals surface area (Å²) in [6.45, 7) is 3.90. The van der Waals surface area contributed by atoms with Crippen molar-refractivity contribution in [2.24, 2.45) is 0 Å². The van der Waals surface area contributed by atoms with Crippen LogP contribution in [0.4, 0.5) is 14.5 Å². The van der Waals surface area contributed by atoms with Gasteiger partial charge in [-0.3, -0.25) is 4.79 Å². The fourth-order valence-corrected chi connectivity index (χ4v) is 2.88. The second-order valence-electron chi connectivity index (χ2n) is 6.10. The van der Waals surface area contributed by atoms with Crippen LogP contribution in [0.1, 0.15) is 46.0 Å². The minimum Gasteiger partial charge on any atom is -0.489 e. The molecule has 136 valence electrons. The lowest BCUT2D eigenvalue weighted by Gasteiger charge is -2.11. The minimum atomic E-state index is -1.33. The van der Waals surface area contributed by atoms with E-state index in [0.29, 0.717) is 5.75 Å². The highest BCUT2D eigenvalue weighted by molar-refractivity contribution is 6.07. The van der Waals surface area contributed by atoms with E-state index < -0.39 is 29.1 Å². The minimum absolute atomic E-state index is 0.0639. The van der Waals surface area contributed by atoms with Crippen LogP contribution in [0.2, 0.25) is 0 Å². The van der Waals surface area contributed by atoms with Crippen LogP contribution in [-0.4, -0.2) is 25.1 Å². The monoisotopic (exact) mass is 361 g/mol. The molecule has 0 radical (unpaired) electrons. The summed E-state index contributed by atoms with van der Waals surface area (Å²) >= 11 is 0. The van der Waals surface area contributed by atoms with Crippen molar-refractivity contribution in [1.29, 1.82) is 0 Å². The van der Waals surface area contributed by atoms with Crippen LogP contribution in [0.25, 0.3) is 0 Å². The molecule has 1 aliphatic heterocycles. The predicted octanol–water partition coefficient (Wildman–Crippen LogP) is 3.89. The average Bonchev–Trinajstić information content (AvgIpc) is 2.91. The Morgan fingerprint density at radius 3 is 2.58 bits per heavy atom. The molecule has 5 nitrogen and oxygen atoms in total. The number of nitrogens with one attached hydrogen (secondary N) is 1. The molecule has 0 fully saturated rings. The summed E-state index contributed by atoms with van der Waals surface area (Å²) < 4.78 is 37.7. The highest BCUT2D eigenvalue weighted by Gasteiger charge is 2.31. The highest BCUT2D eigenvalue weighted by Crippen LogP contribution is 2.40. The maximum absolute atomic E-state index is 13.8. The van der Waals surface area contributed by atoms with Crippen molar-refractivity contribution in [3.05, 3.63) is 58.7 Å². The van der Waals surface area contributed by atoms with Gasteiger partial charge in [0.1, 0.15) is 17.4 Å². The maximum atomic E-state index is 13.8.